The molecule has 0 spiro atoms. The summed E-state index contributed by atoms with van der Waals surface area (Å²) in [4.78, 5) is 0. The van der Waals surface area contributed by atoms with Crippen molar-refractivity contribution in [2.24, 2.45) is 10.2 Å². The Morgan fingerprint density at radius 3 is 2.67 bits per heavy atom. The zero-order chi connectivity index (χ0) is 15.6. The molecule has 0 saturated carbocycles. The number of thioether (sulfide) groups is 1. The van der Waals surface area contributed by atoms with Gasteiger partial charge in [-0.15, -0.1) is 10.2 Å². The van der Waals surface area contributed by atoms with Gasteiger partial charge in [-0.05, 0) is 38.3 Å². The Labute approximate surface area is 142 Å². The molecule has 0 aliphatic carbocycles. The fraction of sp³-hybridized carbons (Fsp3) is 0.231. The molecule has 0 amide bonds. The number of aryl methyl sites for hydroxylation is 1. The lowest BCUT2D eigenvalue weighted by molar-refractivity contribution is 0.906. The molecule has 0 fully saturated rings. The molecule has 1 aromatic heterocycles. The van der Waals surface area contributed by atoms with Crippen LogP contribution in [0.3, 0.4) is 0 Å². The van der Waals surface area contributed by atoms with Gasteiger partial charge in [-0.1, -0.05) is 47.2 Å². The molecule has 0 aliphatic heterocycles. The molecule has 110 valence electrons. The van der Waals surface area contributed by atoms with E-state index in [2.05, 4.69) is 15.3 Å². The van der Waals surface area contributed by atoms with Gasteiger partial charge < -0.3 is 0 Å². The van der Waals surface area contributed by atoms with Crippen LogP contribution in [0.4, 0.5) is 11.4 Å². The Hall–Kier alpha value is -0.950. The fourth-order valence-corrected chi connectivity index (χ4v) is 2.56. The maximum atomic E-state index is 6.06. The van der Waals surface area contributed by atoms with Crippen molar-refractivity contribution in [3.63, 3.8) is 0 Å². The van der Waals surface area contributed by atoms with Gasteiger partial charge in [0.2, 0.25) is 0 Å². The minimum Gasteiger partial charge on any atom is -0.218 e. The molecule has 0 bridgehead atoms. The smallest absolute Gasteiger partial charge is 0.161 e. The summed E-state index contributed by atoms with van der Waals surface area (Å²) in [7, 11) is 0. The topological polar surface area (TPSA) is 42.5 Å². The van der Waals surface area contributed by atoms with E-state index in [1.54, 1.807) is 22.9 Å². The molecular weight excluding hydrogens is 347 g/mol. The molecule has 1 heterocycles. The maximum absolute atomic E-state index is 6.06. The first kappa shape index (κ1) is 16.4. The standard InChI is InChI=1S/C13H12Cl2N4S2/c1-7-12(8(2)19(18-7)13(20)21-3)17-16-11-6-9(14)4-5-10(11)15/h4-6H,1-3H3. The monoisotopic (exact) mass is 358 g/mol. The summed E-state index contributed by atoms with van der Waals surface area (Å²) in [5.74, 6) is 0. The van der Waals surface area contributed by atoms with E-state index in [9.17, 15) is 0 Å². The molecule has 8 heteroatoms. The summed E-state index contributed by atoms with van der Waals surface area (Å²) in [6, 6.07) is 5.05. The van der Waals surface area contributed by atoms with Crippen LogP contribution in [0.2, 0.25) is 10.0 Å². The third kappa shape index (κ3) is 3.63. The van der Waals surface area contributed by atoms with Gasteiger partial charge in [0.25, 0.3) is 0 Å². The second kappa shape index (κ2) is 6.87. The lowest BCUT2D eigenvalue weighted by Crippen LogP contribution is -2.07. The van der Waals surface area contributed by atoms with Crippen LogP contribution >= 0.6 is 47.2 Å². The summed E-state index contributed by atoms with van der Waals surface area (Å²) in [5, 5.41) is 13.8. The average Bonchev–Trinajstić information content (AvgIpc) is 2.74. The van der Waals surface area contributed by atoms with Crippen molar-refractivity contribution in [3.8, 4) is 0 Å². The minimum atomic E-state index is 0.491. The summed E-state index contributed by atoms with van der Waals surface area (Å²) < 4.78 is 2.35. The highest BCUT2D eigenvalue weighted by Crippen LogP contribution is 2.31. The molecule has 0 radical (unpaired) electrons. The van der Waals surface area contributed by atoms with Crippen LogP contribution < -0.4 is 0 Å². The van der Waals surface area contributed by atoms with Crippen LogP contribution in [0, 0.1) is 13.8 Å². The zero-order valence-corrected chi connectivity index (χ0v) is 14.7. The van der Waals surface area contributed by atoms with Crippen molar-refractivity contribution >= 4 is 62.9 Å². The average molecular weight is 359 g/mol. The number of thiocarbonyl (C=S) groups is 1. The van der Waals surface area contributed by atoms with Crippen molar-refractivity contribution in [1.29, 1.82) is 0 Å². The third-order valence-corrected chi connectivity index (χ3v) is 4.52. The highest BCUT2D eigenvalue weighted by molar-refractivity contribution is 8.22. The van der Waals surface area contributed by atoms with Crippen LogP contribution in [-0.4, -0.2) is 20.4 Å². The van der Waals surface area contributed by atoms with E-state index < -0.39 is 0 Å². The number of nitrogens with zero attached hydrogens (tertiary/aromatic N) is 4. The first-order valence-electron chi connectivity index (χ1n) is 5.95. The van der Waals surface area contributed by atoms with E-state index >= 15 is 0 Å². The Morgan fingerprint density at radius 1 is 1.29 bits per heavy atom. The maximum Gasteiger partial charge on any atom is 0.161 e. The summed E-state index contributed by atoms with van der Waals surface area (Å²) in [6.45, 7) is 3.76. The first-order valence-corrected chi connectivity index (χ1v) is 8.34. The molecule has 1 aromatic carbocycles. The number of rotatable bonds is 2. The van der Waals surface area contributed by atoms with Crippen molar-refractivity contribution in [3.05, 3.63) is 39.6 Å². The van der Waals surface area contributed by atoms with Gasteiger partial charge in [0.05, 0.1) is 16.4 Å². The number of azo groups is 1. The van der Waals surface area contributed by atoms with Gasteiger partial charge in [0, 0.05) is 5.02 Å². The fourth-order valence-electron chi connectivity index (χ4n) is 1.71. The zero-order valence-electron chi connectivity index (χ0n) is 11.6. The molecule has 0 N–H and O–H groups in total. The van der Waals surface area contributed by atoms with Gasteiger partial charge in [0.15, 0.2) is 4.32 Å². The molecular formula is C13H12Cl2N4S2. The predicted octanol–water partition coefficient (Wildman–Crippen LogP) is 5.72. The molecule has 4 nitrogen and oxygen atoms in total. The van der Waals surface area contributed by atoms with Crippen LogP contribution in [0.1, 0.15) is 11.4 Å². The summed E-state index contributed by atoms with van der Waals surface area (Å²) in [6.07, 6.45) is 1.91. The predicted molar refractivity (Wildman–Crippen MR) is 93.9 cm³/mol. The van der Waals surface area contributed by atoms with Crippen LogP contribution in [-0.2, 0) is 0 Å². The third-order valence-electron chi connectivity index (χ3n) is 2.77. The Kier molecular flexibility index (Phi) is 5.37. The van der Waals surface area contributed by atoms with Crippen molar-refractivity contribution in [1.82, 2.24) is 9.78 Å². The minimum absolute atomic E-state index is 0.491. The van der Waals surface area contributed by atoms with Crippen molar-refractivity contribution in [2.45, 2.75) is 13.8 Å². The van der Waals surface area contributed by atoms with Gasteiger partial charge in [-0.3, -0.25) is 0 Å². The molecule has 0 atom stereocenters. The largest absolute Gasteiger partial charge is 0.218 e. The lowest BCUT2D eigenvalue weighted by atomic mass is 10.3. The number of aromatic nitrogens is 2. The molecule has 2 aromatic rings. The molecule has 21 heavy (non-hydrogen) atoms. The second-order valence-corrected chi connectivity index (χ2v) is 6.48. The summed E-state index contributed by atoms with van der Waals surface area (Å²) in [5.41, 5.74) is 2.80. The highest BCUT2D eigenvalue weighted by atomic mass is 35.5. The van der Waals surface area contributed by atoms with Gasteiger partial charge in [0.1, 0.15) is 11.4 Å². The number of halogens is 2. The highest BCUT2D eigenvalue weighted by Gasteiger charge is 2.13. The van der Waals surface area contributed by atoms with E-state index in [0.717, 1.165) is 11.4 Å². The van der Waals surface area contributed by atoms with E-state index in [0.29, 0.717) is 25.7 Å². The quantitative estimate of drug-likeness (QED) is 0.509. The van der Waals surface area contributed by atoms with E-state index in [-0.39, 0.29) is 0 Å². The van der Waals surface area contributed by atoms with Crippen LogP contribution in [0.15, 0.2) is 28.4 Å². The van der Waals surface area contributed by atoms with Crippen LogP contribution in [0.25, 0.3) is 0 Å². The van der Waals surface area contributed by atoms with Gasteiger partial charge >= 0.3 is 0 Å². The molecule has 0 aliphatic rings. The SMILES string of the molecule is CSC(=S)n1nc(C)c(N=Nc2cc(Cl)ccc2Cl)c1C. The van der Waals surface area contributed by atoms with Crippen LogP contribution in [0.5, 0.6) is 0 Å². The number of hydrogen-bond acceptors (Lipinski definition) is 5. The summed E-state index contributed by atoms with van der Waals surface area (Å²) >= 11 is 18.7. The second-order valence-electron chi connectivity index (χ2n) is 4.20. The van der Waals surface area contributed by atoms with Crippen molar-refractivity contribution in [2.75, 3.05) is 6.26 Å². The Morgan fingerprint density at radius 2 is 2.00 bits per heavy atom. The Bertz CT molecular complexity index is 725. The van der Waals surface area contributed by atoms with E-state index in [1.807, 2.05) is 20.1 Å². The number of benzene rings is 1. The van der Waals surface area contributed by atoms with E-state index in [4.69, 9.17) is 35.4 Å². The van der Waals surface area contributed by atoms with Crippen molar-refractivity contribution < 1.29 is 0 Å². The van der Waals surface area contributed by atoms with Gasteiger partial charge in [-0.25, -0.2) is 4.68 Å². The molecule has 0 unspecified atom stereocenters. The molecule has 0 saturated heterocycles. The normalized spacial score (nSPS) is 11.3. The lowest BCUT2D eigenvalue weighted by Gasteiger charge is -2.01. The van der Waals surface area contributed by atoms with E-state index in [1.165, 1.54) is 11.8 Å². The first-order chi connectivity index (χ1) is 9.93. The van der Waals surface area contributed by atoms with Gasteiger partial charge in [-0.2, -0.15) is 5.10 Å². The molecule has 2 rings (SSSR count). The Balaban J connectivity index is 2.40. The number of hydrogen-bond donors (Lipinski definition) is 0.